The molecular weight excluding hydrogens is 971 g/mol. The van der Waals surface area contributed by atoms with Gasteiger partial charge in [-0.25, -0.2) is 0 Å². The first-order chi connectivity index (χ1) is 38.3. The third kappa shape index (κ3) is 47.4. The van der Waals surface area contributed by atoms with E-state index in [-0.39, 0.29) is 12.5 Å². The number of hydrogen-bond acceptors (Lipinski definition) is 8. The van der Waals surface area contributed by atoms with Crippen LogP contribution in [0.5, 0.6) is 0 Å². The van der Waals surface area contributed by atoms with Gasteiger partial charge in [0.2, 0.25) is 5.91 Å². The molecule has 1 aliphatic heterocycles. The Morgan fingerprint density at radius 3 is 1.00 bits per heavy atom. The highest BCUT2D eigenvalue weighted by Crippen LogP contribution is 2.24. The second-order valence-corrected chi connectivity index (χ2v) is 24.7. The molecule has 0 aliphatic carbocycles. The highest BCUT2D eigenvalue weighted by molar-refractivity contribution is 5.76. The molecule has 0 aromatic carbocycles. The topological polar surface area (TPSA) is 149 Å². The van der Waals surface area contributed by atoms with Crippen LogP contribution in [-0.4, -0.2) is 87.5 Å². The SMILES string of the molecule is CCCCCCCCCCCCCCCCCC/C=C/C(O)C(COC1OC(CO)C(O)C(O)C1O)NC(=O)CCCCCCCCCCCCCCCCCCCCCCCCCCCCCCCCCCCCCCC. The first-order valence-corrected chi connectivity index (χ1v) is 34.9. The number of nitrogens with one attached hydrogen (secondary N) is 1. The number of carbonyl (C=O) groups is 1. The van der Waals surface area contributed by atoms with Crippen molar-refractivity contribution in [1.82, 2.24) is 5.32 Å². The summed E-state index contributed by atoms with van der Waals surface area (Å²) in [4.78, 5) is 13.1. The number of unbranched alkanes of at least 4 members (excludes halogenated alkanes) is 52. The lowest BCUT2D eigenvalue weighted by Crippen LogP contribution is -2.60. The van der Waals surface area contributed by atoms with Crippen molar-refractivity contribution in [3.63, 3.8) is 0 Å². The van der Waals surface area contributed by atoms with Crippen LogP contribution in [0.4, 0.5) is 0 Å². The number of amides is 1. The van der Waals surface area contributed by atoms with Crippen LogP contribution in [0, 0.1) is 0 Å². The molecule has 9 nitrogen and oxygen atoms in total. The van der Waals surface area contributed by atoms with E-state index in [4.69, 9.17) is 9.47 Å². The quantitative estimate of drug-likeness (QED) is 0.0261. The van der Waals surface area contributed by atoms with Crippen LogP contribution < -0.4 is 5.32 Å². The number of hydrogen-bond donors (Lipinski definition) is 6. The number of allylic oxidation sites excluding steroid dienone is 1. The van der Waals surface area contributed by atoms with Crippen molar-refractivity contribution in [2.45, 2.75) is 410 Å². The first kappa shape index (κ1) is 74.9. The van der Waals surface area contributed by atoms with Gasteiger partial charge in [0.1, 0.15) is 24.4 Å². The van der Waals surface area contributed by atoms with Gasteiger partial charge in [0.15, 0.2) is 6.29 Å². The molecule has 7 unspecified atom stereocenters. The first-order valence-electron chi connectivity index (χ1n) is 34.9. The summed E-state index contributed by atoms with van der Waals surface area (Å²) in [5.74, 6) is -0.168. The van der Waals surface area contributed by atoms with Gasteiger partial charge in [-0.3, -0.25) is 4.79 Å². The monoisotopic (exact) mass is 1110 g/mol. The lowest BCUT2D eigenvalue weighted by molar-refractivity contribution is -0.302. The Morgan fingerprint density at radius 2 is 0.705 bits per heavy atom. The molecule has 1 fully saturated rings. The summed E-state index contributed by atoms with van der Waals surface area (Å²) in [6, 6.07) is -0.801. The van der Waals surface area contributed by atoms with Crippen LogP contribution in [0.15, 0.2) is 12.2 Å². The Labute approximate surface area is 484 Å². The molecule has 464 valence electrons. The zero-order chi connectivity index (χ0) is 56.5. The Hall–Kier alpha value is -1.07. The summed E-state index contributed by atoms with van der Waals surface area (Å²) < 4.78 is 11.3. The molecule has 1 amide bonds. The maximum Gasteiger partial charge on any atom is 0.220 e. The summed E-state index contributed by atoms with van der Waals surface area (Å²) in [6.07, 6.45) is 69.1. The van der Waals surface area contributed by atoms with Gasteiger partial charge < -0.3 is 40.3 Å². The number of rotatable bonds is 62. The fourth-order valence-corrected chi connectivity index (χ4v) is 11.6. The van der Waals surface area contributed by atoms with Gasteiger partial charge in [-0.05, 0) is 19.3 Å². The molecule has 0 radical (unpaired) electrons. The largest absolute Gasteiger partial charge is 0.394 e. The molecular formula is C69H135NO8. The number of aliphatic hydroxyl groups excluding tert-OH is 5. The summed E-state index contributed by atoms with van der Waals surface area (Å²) in [5.41, 5.74) is 0. The predicted molar refractivity (Wildman–Crippen MR) is 332 cm³/mol. The van der Waals surface area contributed by atoms with E-state index in [1.807, 2.05) is 6.08 Å². The van der Waals surface area contributed by atoms with E-state index >= 15 is 0 Å². The van der Waals surface area contributed by atoms with E-state index in [0.29, 0.717) is 6.42 Å². The van der Waals surface area contributed by atoms with Gasteiger partial charge >= 0.3 is 0 Å². The van der Waals surface area contributed by atoms with Gasteiger partial charge in [0, 0.05) is 6.42 Å². The Morgan fingerprint density at radius 1 is 0.423 bits per heavy atom. The molecule has 78 heavy (non-hydrogen) atoms. The summed E-state index contributed by atoms with van der Waals surface area (Å²) in [6.45, 7) is 3.84. The predicted octanol–water partition coefficient (Wildman–Crippen LogP) is 18.7. The van der Waals surface area contributed by atoms with E-state index in [2.05, 4.69) is 19.2 Å². The van der Waals surface area contributed by atoms with Crippen LogP contribution >= 0.6 is 0 Å². The van der Waals surface area contributed by atoms with E-state index in [0.717, 1.165) is 38.5 Å². The van der Waals surface area contributed by atoms with Crippen LogP contribution in [0.1, 0.15) is 367 Å². The van der Waals surface area contributed by atoms with Crippen molar-refractivity contribution in [1.29, 1.82) is 0 Å². The average molecular weight is 1110 g/mol. The van der Waals surface area contributed by atoms with Crippen molar-refractivity contribution >= 4 is 5.91 Å². The number of carbonyl (C=O) groups excluding carboxylic acids is 1. The summed E-state index contributed by atoms with van der Waals surface area (Å²) in [7, 11) is 0. The maximum atomic E-state index is 13.1. The van der Waals surface area contributed by atoms with Gasteiger partial charge in [0.05, 0.1) is 25.4 Å². The molecule has 0 spiro atoms. The standard InChI is InChI=1S/C69H135NO8/c1-3-5-7-9-11-13-15-17-19-21-23-24-25-26-27-28-29-30-31-32-33-34-35-36-37-38-39-40-41-43-45-47-49-51-53-55-57-59-65(73)70-62(61-77-69-68(76)67(75)66(74)64(60-71)78-69)63(72)58-56-54-52-50-48-46-44-42-22-20-18-16-14-12-10-8-6-4-2/h56,58,62-64,66-69,71-72,74-76H,3-55,57,59-61H2,1-2H3,(H,70,73)/b58-56+. The minimum atomic E-state index is -1.56. The van der Waals surface area contributed by atoms with Crippen LogP contribution in [0.25, 0.3) is 0 Å². The van der Waals surface area contributed by atoms with Crippen molar-refractivity contribution in [3.05, 3.63) is 12.2 Å². The molecule has 1 rings (SSSR count). The van der Waals surface area contributed by atoms with E-state index in [1.165, 1.54) is 308 Å². The Kier molecular flexibility index (Phi) is 56.8. The lowest BCUT2D eigenvalue weighted by Gasteiger charge is -2.40. The third-order valence-electron chi connectivity index (χ3n) is 17.1. The fourth-order valence-electron chi connectivity index (χ4n) is 11.6. The molecule has 9 heteroatoms. The van der Waals surface area contributed by atoms with Crippen molar-refractivity contribution in [3.8, 4) is 0 Å². The molecule has 1 heterocycles. The minimum absolute atomic E-state index is 0.168. The highest BCUT2D eigenvalue weighted by Gasteiger charge is 2.44. The summed E-state index contributed by atoms with van der Waals surface area (Å²) in [5, 5.41) is 54.7. The van der Waals surface area contributed by atoms with Gasteiger partial charge in [0.25, 0.3) is 0 Å². The van der Waals surface area contributed by atoms with Gasteiger partial charge in [-0.2, -0.15) is 0 Å². The van der Waals surface area contributed by atoms with Crippen LogP contribution in [0.2, 0.25) is 0 Å². The second kappa shape index (κ2) is 59.1. The average Bonchev–Trinajstić information content (AvgIpc) is 3.45. The second-order valence-electron chi connectivity index (χ2n) is 24.7. The zero-order valence-corrected chi connectivity index (χ0v) is 52.0. The fraction of sp³-hybridized carbons (Fsp3) is 0.957. The van der Waals surface area contributed by atoms with E-state index in [1.54, 1.807) is 6.08 Å². The third-order valence-corrected chi connectivity index (χ3v) is 17.1. The Balaban J connectivity index is 2.05. The number of ether oxygens (including phenoxy) is 2. The summed E-state index contributed by atoms with van der Waals surface area (Å²) >= 11 is 0. The Bertz CT molecular complexity index is 1240. The van der Waals surface area contributed by atoms with Crippen molar-refractivity contribution in [2.75, 3.05) is 13.2 Å². The van der Waals surface area contributed by atoms with Gasteiger partial charge in [-0.15, -0.1) is 0 Å². The molecule has 0 saturated carbocycles. The molecule has 0 aromatic heterocycles. The van der Waals surface area contributed by atoms with Crippen LogP contribution in [-0.2, 0) is 14.3 Å². The smallest absolute Gasteiger partial charge is 0.220 e. The number of aliphatic hydroxyl groups is 5. The van der Waals surface area contributed by atoms with Crippen LogP contribution in [0.3, 0.4) is 0 Å². The molecule has 0 bridgehead atoms. The van der Waals surface area contributed by atoms with Crippen molar-refractivity contribution in [2.24, 2.45) is 0 Å². The van der Waals surface area contributed by atoms with Gasteiger partial charge in [-0.1, -0.05) is 353 Å². The van der Waals surface area contributed by atoms with Crippen molar-refractivity contribution < 1.29 is 39.8 Å². The minimum Gasteiger partial charge on any atom is -0.394 e. The zero-order valence-electron chi connectivity index (χ0n) is 52.0. The maximum absolute atomic E-state index is 13.1. The molecule has 1 saturated heterocycles. The highest BCUT2D eigenvalue weighted by atomic mass is 16.7. The molecule has 1 aliphatic rings. The molecule has 6 N–H and O–H groups in total. The molecule has 7 atom stereocenters. The lowest BCUT2D eigenvalue weighted by atomic mass is 9.99. The normalized spacial score (nSPS) is 18.6. The van der Waals surface area contributed by atoms with E-state index in [9.17, 15) is 30.3 Å². The van der Waals surface area contributed by atoms with E-state index < -0.39 is 49.5 Å². The molecule has 0 aromatic rings.